The third-order valence-corrected chi connectivity index (χ3v) is 3.56. The maximum atomic E-state index is 12.4. The number of aromatic nitrogens is 1. The van der Waals surface area contributed by atoms with Crippen LogP contribution in [0.2, 0.25) is 0 Å². The third-order valence-electron chi connectivity index (χ3n) is 3.56. The molecule has 0 amide bonds. The van der Waals surface area contributed by atoms with Crippen molar-refractivity contribution in [2.45, 2.75) is 26.3 Å². The molecule has 0 aliphatic rings. The lowest BCUT2D eigenvalue weighted by Gasteiger charge is -2.20. The van der Waals surface area contributed by atoms with E-state index in [2.05, 4.69) is 0 Å². The van der Waals surface area contributed by atoms with Crippen LogP contribution in [0.3, 0.4) is 0 Å². The Hall–Kier alpha value is -2.23. The maximum absolute atomic E-state index is 12.4. The van der Waals surface area contributed by atoms with Crippen LogP contribution in [0.5, 0.6) is 5.75 Å². The highest BCUT2D eigenvalue weighted by Gasteiger charge is 2.15. The number of nitrogen functional groups attached to an aromatic ring is 1. The first-order chi connectivity index (χ1) is 9.60. The Kier molecular flexibility index (Phi) is 4.13. The summed E-state index contributed by atoms with van der Waals surface area (Å²) in [5.41, 5.74) is 7.61. The number of hydrogen-bond donors (Lipinski definition) is 1. The smallest absolute Gasteiger partial charge is 0.274 e. The van der Waals surface area contributed by atoms with Crippen molar-refractivity contribution in [2.24, 2.45) is 0 Å². The lowest BCUT2D eigenvalue weighted by atomic mass is 10.1. The van der Waals surface area contributed by atoms with E-state index in [4.69, 9.17) is 10.5 Å². The number of nitrogens with zero attached hydrogens (tertiary/aromatic N) is 1. The highest BCUT2D eigenvalue weighted by molar-refractivity contribution is 5.68. The molecule has 1 aromatic heterocycles. The molecule has 0 aliphatic carbocycles. The van der Waals surface area contributed by atoms with Gasteiger partial charge < -0.3 is 15.0 Å². The maximum Gasteiger partial charge on any atom is 0.274 e. The van der Waals surface area contributed by atoms with Gasteiger partial charge in [0.25, 0.3) is 5.56 Å². The molecule has 2 rings (SSSR count). The van der Waals surface area contributed by atoms with E-state index in [-0.39, 0.29) is 17.3 Å². The molecule has 0 spiro atoms. The summed E-state index contributed by atoms with van der Waals surface area (Å²) < 4.78 is 7.13. The number of para-hydroxylation sites is 1. The second kappa shape index (κ2) is 5.82. The fourth-order valence-corrected chi connectivity index (χ4v) is 2.26. The van der Waals surface area contributed by atoms with Gasteiger partial charge in [-0.15, -0.1) is 0 Å². The van der Waals surface area contributed by atoms with Gasteiger partial charge in [0.05, 0.1) is 18.5 Å². The van der Waals surface area contributed by atoms with Crippen molar-refractivity contribution >= 4 is 5.69 Å². The molecule has 0 bridgehead atoms. The minimum Gasteiger partial charge on any atom is -0.496 e. The van der Waals surface area contributed by atoms with Gasteiger partial charge in [0.15, 0.2) is 0 Å². The number of nitrogens with two attached hydrogens (primary N) is 1. The molecule has 0 radical (unpaired) electrons. The molecule has 0 saturated heterocycles. The number of hydrogen-bond acceptors (Lipinski definition) is 3. The van der Waals surface area contributed by atoms with Gasteiger partial charge in [0.1, 0.15) is 5.75 Å². The Labute approximate surface area is 118 Å². The normalized spacial score (nSPS) is 12.2. The highest BCUT2D eigenvalue weighted by Crippen LogP contribution is 2.31. The number of methoxy groups -OCH3 is 1. The van der Waals surface area contributed by atoms with Gasteiger partial charge in [-0.25, -0.2) is 0 Å². The van der Waals surface area contributed by atoms with Crippen LogP contribution < -0.4 is 16.0 Å². The Morgan fingerprint density at radius 3 is 2.60 bits per heavy atom. The van der Waals surface area contributed by atoms with Crippen molar-refractivity contribution in [3.8, 4) is 17.0 Å². The average molecular weight is 272 g/mol. The fraction of sp³-hybridized carbons (Fsp3) is 0.312. The Morgan fingerprint density at radius 2 is 1.95 bits per heavy atom. The summed E-state index contributed by atoms with van der Waals surface area (Å²) in [5, 5.41) is 0. The molecule has 106 valence electrons. The van der Waals surface area contributed by atoms with E-state index >= 15 is 0 Å². The van der Waals surface area contributed by atoms with Crippen molar-refractivity contribution in [2.75, 3.05) is 12.8 Å². The van der Waals surface area contributed by atoms with Crippen LogP contribution in [0.4, 0.5) is 5.69 Å². The summed E-state index contributed by atoms with van der Waals surface area (Å²) in [7, 11) is 1.63. The van der Waals surface area contributed by atoms with Crippen LogP contribution in [-0.2, 0) is 0 Å². The SMILES string of the molecule is CCC(C)n1c(-c2ccccc2OC)ccc(N)c1=O. The van der Waals surface area contributed by atoms with Crippen molar-refractivity contribution in [1.29, 1.82) is 0 Å². The van der Waals surface area contributed by atoms with E-state index in [1.54, 1.807) is 17.7 Å². The molecule has 0 fully saturated rings. The Balaban J connectivity index is 2.74. The number of pyridine rings is 1. The summed E-state index contributed by atoms with van der Waals surface area (Å²) in [5.74, 6) is 0.744. The van der Waals surface area contributed by atoms with Gasteiger partial charge in [-0.1, -0.05) is 19.1 Å². The zero-order valence-corrected chi connectivity index (χ0v) is 12.1. The van der Waals surface area contributed by atoms with Crippen molar-refractivity contribution in [3.63, 3.8) is 0 Å². The molecule has 1 unspecified atom stereocenters. The zero-order chi connectivity index (χ0) is 14.7. The zero-order valence-electron chi connectivity index (χ0n) is 12.1. The number of ether oxygens (including phenoxy) is 1. The molecular formula is C16H20N2O2. The number of anilines is 1. The molecule has 20 heavy (non-hydrogen) atoms. The van der Waals surface area contributed by atoms with Crippen LogP contribution in [0.15, 0.2) is 41.2 Å². The molecule has 1 heterocycles. The van der Waals surface area contributed by atoms with Crippen molar-refractivity contribution < 1.29 is 4.74 Å². The summed E-state index contributed by atoms with van der Waals surface area (Å²) in [6, 6.07) is 11.3. The quantitative estimate of drug-likeness (QED) is 0.930. The number of benzene rings is 1. The Bertz CT molecular complexity index is 662. The third kappa shape index (κ3) is 2.41. The van der Waals surface area contributed by atoms with Crippen molar-refractivity contribution in [1.82, 2.24) is 4.57 Å². The molecule has 2 aromatic rings. The first-order valence-corrected chi connectivity index (χ1v) is 6.74. The van der Waals surface area contributed by atoms with Gasteiger partial charge >= 0.3 is 0 Å². The summed E-state index contributed by atoms with van der Waals surface area (Å²) in [6.45, 7) is 4.06. The molecule has 0 saturated carbocycles. The van der Waals surface area contributed by atoms with Gasteiger partial charge in [0.2, 0.25) is 0 Å². The lowest BCUT2D eigenvalue weighted by Crippen LogP contribution is -2.26. The lowest BCUT2D eigenvalue weighted by molar-refractivity contribution is 0.415. The van der Waals surface area contributed by atoms with Crippen LogP contribution in [0.25, 0.3) is 11.3 Å². The molecule has 2 N–H and O–H groups in total. The second-order valence-electron chi connectivity index (χ2n) is 4.81. The molecule has 1 atom stereocenters. The van der Waals surface area contributed by atoms with Gasteiger partial charge in [0, 0.05) is 11.6 Å². The monoisotopic (exact) mass is 272 g/mol. The Morgan fingerprint density at radius 1 is 1.25 bits per heavy atom. The number of rotatable bonds is 4. The first-order valence-electron chi connectivity index (χ1n) is 6.74. The van der Waals surface area contributed by atoms with Gasteiger partial charge in [-0.05, 0) is 37.6 Å². The van der Waals surface area contributed by atoms with E-state index in [9.17, 15) is 4.79 Å². The topological polar surface area (TPSA) is 57.2 Å². The molecule has 1 aromatic carbocycles. The van der Waals surface area contributed by atoms with E-state index in [1.165, 1.54) is 0 Å². The van der Waals surface area contributed by atoms with Crippen LogP contribution in [0, 0.1) is 0 Å². The van der Waals surface area contributed by atoms with E-state index in [0.29, 0.717) is 0 Å². The first kappa shape index (κ1) is 14.2. The minimum atomic E-state index is -0.150. The van der Waals surface area contributed by atoms with Crippen molar-refractivity contribution in [3.05, 3.63) is 46.8 Å². The highest BCUT2D eigenvalue weighted by atomic mass is 16.5. The van der Waals surface area contributed by atoms with Crippen LogP contribution >= 0.6 is 0 Å². The molecule has 4 nitrogen and oxygen atoms in total. The van der Waals surface area contributed by atoms with Gasteiger partial charge in [-0.2, -0.15) is 0 Å². The van der Waals surface area contributed by atoms with Crippen LogP contribution in [0.1, 0.15) is 26.3 Å². The van der Waals surface area contributed by atoms with Gasteiger partial charge in [-0.3, -0.25) is 4.79 Å². The standard InChI is InChI=1S/C16H20N2O2/c1-4-11(2)18-14(10-9-13(17)16(18)19)12-7-5-6-8-15(12)20-3/h5-11H,4,17H2,1-3H3. The largest absolute Gasteiger partial charge is 0.496 e. The fourth-order valence-electron chi connectivity index (χ4n) is 2.26. The summed E-state index contributed by atoms with van der Waals surface area (Å²) in [4.78, 5) is 12.4. The predicted molar refractivity (Wildman–Crippen MR) is 82.1 cm³/mol. The molecule has 4 heteroatoms. The second-order valence-corrected chi connectivity index (χ2v) is 4.81. The minimum absolute atomic E-state index is 0.0749. The predicted octanol–water partition coefficient (Wildman–Crippen LogP) is 3.08. The van der Waals surface area contributed by atoms with E-state index in [1.807, 2.05) is 44.2 Å². The molecule has 0 aliphatic heterocycles. The van der Waals surface area contributed by atoms with E-state index in [0.717, 1.165) is 23.4 Å². The van der Waals surface area contributed by atoms with Crippen LogP contribution in [-0.4, -0.2) is 11.7 Å². The summed E-state index contributed by atoms with van der Waals surface area (Å²) >= 11 is 0. The average Bonchev–Trinajstić information content (AvgIpc) is 2.49. The van der Waals surface area contributed by atoms with E-state index < -0.39 is 0 Å². The summed E-state index contributed by atoms with van der Waals surface area (Å²) in [6.07, 6.45) is 0.853. The molecular weight excluding hydrogens is 252 g/mol.